The van der Waals surface area contributed by atoms with Gasteiger partial charge < -0.3 is 9.42 Å². The van der Waals surface area contributed by atoms with Crippen molar-refractivity contribution in [3.05, 3.63) is 60.4 Å². The topological polar surface area (TPSA) is 89.9 Å². The number of amides is 1. The first-order valence-corrected chi connectivity index (χ1v) is 9.54. The molecule has 1 amide bonds. The summed E-state index contributed by atoms with van der Waals surface area (Å²) in [6.45, 7) is 0. The molecule has 146 valence electrons. The molecule has 8 heteroatoms. The van der Waals surface area contributed by atoms with Gasteiger partial charge in [-0.3, -0.25) is 14.5 Å². The highest BCUT2D eigenvalue weighted by Gasteiger charge is 2.39. The zero-order valence-corrected chi connectivity index (χ0v) is 16.2. The molecule has 0 unspecified atom stereocenters. The van der Waals surface area contributed by atoms with E-state index in [1.807, 2.05) is 50.6 Å². The van der Waals surface area contributed by atoms with E-state index in [1.54, 1.807) is 22.0 Å². The van der Waals surface area contributed by atoms with Crippen LogP contribution < -0.4 is 0 Å². The van der Waals surface area contributed by atoms with Crippen LogP contribution in [-0.4, -0.2) is 42.8 Å². The summed E-state index contributed by atoms with van der Waals surface area (Å²) < 4.78 is 7.42. The summed E-state index contributed by atoms with van der Waals surface area (Å²) in [5, 5.41) is 10.5. The predicted molar refractivity (Wildman–Crippen MR) is 106 cm³/mol. The summed E-state index contributed by atoms with van der Waals surface area (Å²) in [6.07, 6.45) is 6.56. The standard InChI is InChI=1S/C21H20N6O2/c1-26-12-14(11-23-26)19-16(7-8-17(28)27(19)2)21-24-20(25-29-21)18-15-6-4-3-5-13(15)9-10-22-18/h3-6,9-12,16,19H,7-8H2,1-2H3/t16-,19+/m1/s1. The smallest absolute Gasteiger partial charge is 0.232 e. The average molecular weight is 388 g/mol. The lowest BCUT2D eigenvalue weighted by molar-refractivity contribution is -0.135. The molecular formula is C21H20N6O2. The molecule has 0 radical (unpaired) electrons. The summed E-state index contributed by atoms with van der Waals surface area (Å²) in [4.78, 5) is 23.3. The lowest BCUT2D eigenvalue weighted by atomic mass is 9.85. The molecule has 4 aromatic rings. The van der Waals surface area contributed by atoms with Crippen LogP contribution in [0.4, 0.5) is 0 Å². The van der Waals surface area contributed by atoms with Gasteiger partial charge in [0.25, 0.3) is 0 Å². The Kier molecular flexibility index (Phi) is 4.12. The lowest BCUT2D eigenvalue weighted by Crippen LogP contribution is -2.39. The van der Waals surface area contributed by atoms with E-state index >= 15 is 0 Å². The van der Waals surface area contributed by atoms with Gasteiger partial charge in [0.1, 0.15) is 5.69 Å². The van der Waals surface area contributed by atoms with Gasteiger partial charge in [0.15, 0.2) is 0 Å². The van der Waals surface area contributed by atoms with E-state index in [2.05, 4.69) is 15.2 Å². The molecule has 5 rings (SSSR count). The number of pyridine rings is 1. The fourth-order valence-electron chi connectivity index (χ4n) is 4.13. The Balaban J connectivity index is 1.55. The number of carbonyl (C=O) groups is 1. The minimum absolute atomic E-state index is 0.0990. The van der Waals surface area contributed by atoms with E-state index in [0.29, 0.717) is 30.3 Å². The van der Waals surface area contributed by atoms with Crippen LogP contribution in [0.2, 0.25) is 0 Å². The second-order valence-corrected chi connectivity index (χ2v) is 7.38. The Hall–Kier alpha value is -3.55. The van der Waals surface area contributed by atoms with Gasteiger partial charge in [-0.1, -0.05) is 29.4 Å². The van der Waals surface area contributed by atoms with Crippen molar-refractivity contribution in [2.45, 2.75) is 24.8 Å². The van der Waals surface area contributed by atoms with Crippen LogP contribution in [0.3, 0.4) is 0 Å². The Labute approximate surface area is 167 Å². The summed E-state index contributed by atoms with van der Waals surface area (Å²) in [5.74, 6) is 0.980. The molecule has 1 aliphatic heterocycles. The number of rotatable bonds is 3. The van der Waals surface area contributed by atoms with E-state index in [9.17, 15) is 4.79 Å². The van der Waals surface area contributed by atoms with Gasteiger partial charge in [0, 0.05) is 43.9 Å². The van der Waals surface area contributed by atoms with Gasteiger partial charge in [-0.05, 0) is 17.9 Å². The van der Waals surface area contributed by atoms with Crippen LogP contribution in [0.1, 0.15) is 36.3 Å². The third-order valence-corrected chi connectivity index (χ3v) is 5.57. The first kappa shape index (κ1) is 17.5. The van der Waals surface area contributed by atoms with Crippen molar-refractivity contribution in [1.29, 1.82) is 0 Å². The van der Waals surface area contributed by atoms with Gasteiger partial charge in [-0.25, -0.2) is 0 Å². The molecule has 0 spiro atoms. The molecule has 1 fully saturated rings. The number of hydrogen-bond donors (Lipinski definition) is 0. The maximum atomic E-state index is 12.4. The molecule has 4 heterocycles. The number of likely N-dealkylation sites (N-methyl/N-ethyl adjacent to an activating group) is 1. The maximum absolute atomic E-state index is 12.4. The number of benzene rings is 1. The number of piperidine rings is 1. The molecule has 0 saturated carbocycles. The van der Waals surface area contributed by atoms with Gasteiger partial charge in [-0.15, -0.1) is 0 Å². The minimum atomic E-state index is -0.196. The van der Waals surface area contributed by atoms with Gasteiger partial charge in [0.2, 0.25) is 17.6 Å². The molecule has 2 atom stereocenters. The van der Waals surface area contributed by atoms with Gasteiger partial charge in [-0.2, -0.15) is 10.1 Å². The van der Waals surface area contributed by atoms with E-state index in [4.69, 9.17) is 9.51 Å². The quantitative estimate of drug-likeness (QED) is 0.536. The number of nitrogens with zero attached hydrogens (tertiary/aromatic N) is 6. The molecule has 3 aromatic heterocycles. The number of aryl methyl sites for hydroxylation is 1. The van der Waals surface area contributed by atoms with Crippen LogP contribution in [0.25, 0.3) is 22.3 Å². The second-order valence-electron chi connectivity index (χ2n) is 7.38. The molecule has 29 heavy (non-hydrogen) atoms. The molecule has 0 N–H and O–H groups in total. The Bertz CT molecular complexity index is 1190. The third kappa shape index (κ3) is 2.97. The minimum Gasteiger partial charge on any atom is -0.339 e. The Morgan fingerprint density at radius 3 is 2.86 bits per heavy atom. The van der Waals surface area contributed by atoms with Crippen LogP contribution in [-0.2, 0) is 11.8 Å². The Morgan fingerprint density at radius 1 is 1.17 bits per heavy atom. The summed E-state index contributed by atoms with van der Waals surface area (Å²) in [6, 6.07) is 9.75. The van der Waals surface area contributed by atoms with E-state index in [-0.39, 0.29) is 17.9 Å². The third-order valence-electron chi connectivity index (χ3n) is 5.57. The van der Waals surface area contributed by atoms with E-state index in [0.717, 1.165) is 16.3 Å². The molecule has 0 aliphatic carbocycles. The van der Waals surface area contributed by atoms with Crippen LogP contribution in [0.5, 0.6) is 0 Å². The summed E-state index contributed by atoms with van der Waals surface area (Å²) in [7, 11) is 3.68. The van der Waals surface area contributed by atoms with Crippen molar-refractivity contribution >= 4 is 16.7 Å². The first-order valence-electron chi connectivity index (χ1n) is 9.54. The first-order chi connectivity index (χ1) is 14.1. The van der Waals surface area contributed by atoms with Crippen LogP contribution in [0, 0.1) is 0 Å². The molecule has 1 aromatic carbocycles. The van der Waals surface area contributed by atoms with Crippen molar-refractivity contribution in [3.8, 4) is 11.5 Å². The predicted octanol–water partition coefficient (Wildman–Crippen LogP) is 3.10. The van der Waals surface area contributed by atoms with Crippen LogP contribution in [0.15, 0.2) is 53.4 Å². The average Bonchev–Trinajstić information content (AvgIpc) is 3.39. The number of hydrogen-bond acceptors (Lipinski definition) is 6. The van der Waals surface area contributed by atoms with E-state index < -0.39 is 0 Å². The summed E-state index contributed by atoms with van der Waals surface area (Å²) >= 11 is 0. The molecule has 1 aliphatic rings. The largest absolute Gasteiger partial charge is 0.339 e. The molecule has 1 saturated heterocycles. The second kappa shape index (κ2) is 6.80. The molecular weight excluding hydrogens is 368 g/mol. The van der Waals surface area contributed by atoms with Crippen molar-refractivity contribution < 1.29 is 9.32 Å². The monoisotopic (exact) mass is 388 g/mol. The zero-order chi connectivity index (χ0) is 20.0. The number of aromatic nitrogens is 5. The molecule has 8 nitrogen and oxygen atoms in total. The highest BCUT2D eigenvalue weighted by molar-refractivity contribution is 5.92. The fourth-order valence-corrected chi connectivity index (χ4v) is 4.13. The number of carbonyl (C=O) groups excluding carboxylic acids is 1. The molecule has 0 bridgehead atoms. The highest BCUT2D eigenvalue weighted by atomic mass is 16.5. The van der Waals surface area contributed by atoms with Crippen molar-refractivity contribution in [1.82, 2.24) is 29.8 Å². The van der Waals surface area contributed by atoms with E-state index in [1.165, 1.54) is 0 Å². The number of fused-ring (bicyclic) bond motifs is 1. The van der Waals surface area contributed by atoms with Gasteiger partial charge >= 0.3 is 0 Å². The van der Waals surface area contributed by atoms with Crippen molar-refractivity contribution in [3.63, 3.8) is 0 Å². The number of likely N-dealkylation sites (tertiary alicyclic amines) is 1. The SMILES string of the molecule is CN1C(=O)CC[C@@H](c2nc(-c3nccc4ccccc34)no2)[C@@H]1c1cnn(C)c1. The maximum Gasteiger partial charge on any atom is 0.232 e. The van der Waals surface area contributed by atoms with Crippen molar-refractivity contribution in [2.75, 3.05) is 7.05 Å². The van der Waals surface area contributed by atoms with Crippen molar-refractivity contribution in [2.24, 2.45) is 7.05 Å². The summed E-state index contributed by atoms with van der Waals surface area (Å²) in [5.41, 5.74) is 1.65. The van der Waals surface area contributed by atoms with Crippen LogP contribution >= 0.6 is 0 Å². The highest BCUT2D eigenvalue weighted by Crippen LogP contribution is 2.42. The van der Waals surface area contributed by atoms with Gasteiger partial charge in [0.05, 0.1) is 18.2 Å². The Morgan fingerprint density at radius 2 is 2.03 bits per heavy atom. The fraction of sp³-hybridized carbons (Fsp3) is 0.286. The lowest BCUT2D eigenvalue weighted by Gasteiger charge is -2.36. The zero-order valence-electron chi connectivity index (χ0n) is 16.2. The normalized spacial score (nSPS) is 19.8.